The van der Waals surface area contributed by atoms with Crippen LogP contribution >= 0.6 is 0 Å². The minimum Gasteiger partial charge on any atom is -0.321 e. The Labute approximate surface area is 127 Å². The number of nitrogens with one attached hydrogen (secondary N) is 1. The first-order valence-electron chi connectivity index (χ1n) is 8.38. The largest absolute Gasteiger partial charge is 0.322 e. The molecule has 1 aromatic rings. The molecule has 21 heavy (non-hydrogen) atoms. The Morgan fingerprint density at radius 2 is 1.71 bits per heavy atom. The van der Waals surface area contributed by atoms with E-state index in [2.05, 4.69) is 17.1 Å². The van der Waals surface area contributed by atoms with Crippen LogP contribution in [-0.2, 0) is 0 Å². The van der Waals surface area contributed by atoms with Crippen molar-refractivity contribution in [1.29, 1.82) is 0 Å². The smallest absolute Gasteiger partial charge is 0.321 e. The fraction of sp³-hybridized carbons (Fsp3) is 0.611. The molecule has 114 valence electrons. The van der Waals surface area contributed by atoms with Gasteiger partial charge in [-0.05, 0) is 50.7 Å². The number of fused-ring (bicyclic) bond motifs is 1. The fourth-order valence-electron chi connectivity index (χ4n) is 3.87. The van der Waals surface area contributed by atoms with E-state index < -0.39 is 0 Å². The zero-order valence-electron chi connectivity index (χ0n) is 13.0. The van der Waals surface area contributed by atoms with Crippen LogP contribution in [0.15, 0.2) is 24.3 Å². The van der Waals surface area contributed by atoms with E-state index in [9.17, 15) is 4.79 Å². The van der Waals surface area contributed by atoms with Gasteiger partial charge in [-0.25, -0.2) is 4.79 Å². The Morgan fingerprint density at radius 1 is 1.05 bits per heavy atom. The maximum absolute atomic E-state index is 12.7. The molecule has 1 aliphatic carbocycles. The number of carbonyl (C=O) groups excluding carboxylic acids is 1. The van der Waals surface area contributed by atoms with Gasteiger partial charge < -0.3 is 10.2 Å². The highest BCUT2D eigenvalue weighted by Crippen LogP contribution is 2.34. The monoisotopic (exact) mass is 286 g/mol. The summed E-state index contributed by atoms with van der Waals surface area (Å²) in [4.78, 5) is 14.8. The van der Waals surface area contributed by atoms with Crippen LogP contribution in [-0.4, -0.2) is 23.5 Å². The van der Waals surface area contributed by atoms with Gasteiger partial charge in [0.1, 0.15) is 0 Å². The number of carbonyl (C=O) groups is 1. The van der Waals surface area contributed by atoms with Crippen LogP contribution in [0.1, 0.15) is 50.5 Å². The molecule has 0 radical (unpaired) electrons. The third-order valence-corrected chi connectivity index (χ3v) is 5.06. The molecular weight excluding hydrogens is 260 g/mol. The third kappa shape index (κ3) is 3.39. The second kappa shape index (κ2) is 6.50. The van der Waals surface area contributed by atoms with Crippen molar-refractivity contribution in [1.82, 2.24) is 4.90 Å². The van der Waals surface area contributed by atoms with Crippen LogP contribution in [0.25, 0.3) is 0 Å². The number of anilines is 1. The number of likely N-dealkylation sites (tertiary alicyclic amines) is 1. The summed E-state index contributed by atoms with van der Waals surface area (Å²) in [7, 11) is 0. The predicted molar refractivity (Wildman–Crippen MR) is 86.5 cm³/mol. The van der Waals surface area contributed by atoms with E-state index >= 15 is 0 Å². The molecule has 1 saturated carbocycles. The van der Waals surface area contributed by atoms with E-state index in [1.807, 2.05) is 24.3 Å². The van der Waals surface area contributed by atoms with E-state index in [0.717, 1.165) is 24.6 Å². The van der Waals surface area contributed by atoms with Crippen LogP contribution in [0.3, 0.4) is 0 Å². The molecule has 1 N–H and O–H groups in total. The molecule has 1 saturated heterocycles. The molecule has 2 amide bonds. The molecule has 0 unspecified atom stereocenters. The second-order valence-corrected chi connectivity index (χ2v) is 6.60. The number of hydrogen-bond acceptors (Lipinski definition) is 1. The number of aryl methyl sites for hydroxylation is 1. The van der Waals surface area contributed by atoms with E-state index in [0.29, 0.717) is 6.04 Å². The Morgan fingerprint density at radius 3 is 2.48 bits per heavy atom. The Kier molecular flexibility index (Phi) is 4.47. The van der Waals surface area contributed by atoms with E-state index in [1.165, 1.54) is 44.1 Å². The van der Waals surface area contributed by atoms with Crippen molar-refractivity contribution < 1.29 is 4.79 Å². The quantitative estimate of drug-likeness (QED) is 0.805. The predicted octanol–water partition coefficient (Wildman–Crippen LogP) is 4.57. The van der Waals surface area contributed by atoms with Gasteiger partial charge in [-0.15, -0.1) is 0 Å². The highest BCUT2D eigenvalue weighted by molar-refractivity contribution is 5.89. The van der Waals surface area contributed by atoms with Gasteiger partial charge in [0.15, 0.2) is 0 Å². The van der Waals surface area contributed by atoms with Gasteiger partial charge in [0.05, 0.1) is 0 Å². The number of rotatable bonds is 1. The van der Waals surface area contributed by atoms with Crippen molar-refractivity contribution in [2.24, 2.45) is 5.92 Å². The molecule has 0 spiro atoms. The van der Waals surface area contributed by atoms with E-state index in [4.69, 9.17) is 0 Å². The molecule has 0 bridgehead atoms. The molecule has 2 atom stereocenters. The maximum atomic E-state index is 12.7. The zero-order valence-corrected chi connectivity index (χ0v) is 13.0. The summed E-state index contributed by atoms with van der Waals surface area (Å²) < 4.78 is 0. The summed E-state index contributed by atoms with van der Waals surface area (Å²) in [6.45, 7) is 2.98. The van der Waals surface area contributed by atoms with Crippen LogP contribution in [0, 0.1) is 12.8 Å². The molecule has 2 aliphatic rings. The first-order valence-corrected chi connectivity index (χ1v) is 8.38. The van der Waals surface area contributed by atoms with Crippen molar-refractivity contribution in [3.63, 3.8) is 0 Å². The summed E-state index contributed by atoms with van der Waals surface area (Å²) in [6.07, 6.45) is 8.83. The Balaban J connectivity index is 1.70. The highest BCUT2D eigenvalue weighted by Gasteiger charge is 2.34. The lowest BCUT2D eigenvalue weighted by molar-refractivity contribution is 0.138. The fourth-order valence-corrected chi connectivity index (χ4v) is 3.87. The van der Waals surface area contributed by atoms with Crippen LogP contribution in [0.4, 0.5) is 10.5 Å². The van der Waals surface area contributed by atoms with E-state index in [1.54, 1.807) is 0 Å². The second-order valence-electron chi connectivity index (χ2n) is 6.60. The lowest BCUT2D eigenvalue weighted by atomic mass is 9.82. The average Bonchev–Trinajstić information content (AvgIpc) is 2.72. The molecule has 1 aliphatic heterocycles. The number of amides is 2. The number of urea groups is 1. The van der Waals surface area contributed by atoms with Crippen LogP contribution in [0.5, 0.6) is 0 Å². The topological polar surface area (TPSA) is 32.3 Å². The number of nitrogens with zero attached hydrogens (tertiary/aromatic N) is 1. The Hall–Kier alpha value is -1.51. The first-order chi connectivity index (χ1) is 10.2. The summed E-state index contributed by atoms with van der Waals surface area (Å²) in [6, 6.07) is 8.62. The highest BCUT2D eigenvalue weighted by atomic mass is 16.2. The van der Waals surface area contributed by atoms with Crippen molar-refractivity contribution in [2.45, 2.75) is 57.9 Å². The van der Waals surface area contributed by atoms with Crippen molar-refractivity contribution >= 4 is 11.7 Å². The minimum absolute atomic E-state index is 0.0950. The lowest BCUT2D eigenvalue weighted by Gasteiger charge is -2.38. The van der Waals surface area contributed by atoms with Crippen molar-refractivity contribution in [3.8, 4) is 0 Å². The average molecular weight is 286 g/mol. The molecule has 1 heterocycles. The SMILES string of the molecule is Cc1ccc(NC(=O)N2CCCC[C@H]3CCCC[C@H]32)cc1. The van der Waals surface area contributed by atoms with Gasteiger partial charge in [0.2, 0.25) is 0 Å². The Bertz CT molecular complexity index is 482. The van der Waals surface area contributed by atoms with Gasteiger partial charge in [-0.1, -0.05) is 37.0 Å². The van der Waals surface area contributed by atoms with Crippen molar-refractivity contribution in [2.75, 3.05) is 11.9 Å². The summed E-state index contributed by atoms with van der Waals surface area (Å²) in [5.74, 6) is 0.727. The van der Waals surface area contributed by atoms with E-state index in [-0.39, 0.29) is 6.03 Å². The van der Waals surface area contributed by atoms with Gasteiger partial charge in [-0.3, -0.25) is 0 Å². The molecule has 0 aromatic heterocycles. The normalized spacial score (nSPS) is 25.9. The maximum Gasteiger partial charge on any atom is 0.322 e. The van der Waals surface area contributed by atoms with Gasteiger partial charge in [0, 0.05) is 18.3 Å². The lowest BCUT2D eigenvalue weighted by Crippen LogP contribution is -2.47. The van der Waals surface area contributed by atoms with Gasteiger partial charge in [0.25, 0.3) is 0 Å². The molecule has 2 fully saturated rings. The standard InChI is InChI=1S/C18H26N2O/c1-14-9-11-16(12-10-14)19-18(21)20-13-5-4-7-15-6-2-3-8-17(15)20/h9-12,15,17H,2-8,13H2,1H3,(H,19,21)/t15-,17-/m1/s1. The minimum atomic E-state index is 0.0950. The zero-order chi connectivity index (χ0) is 14.7. The summed E-state index contributed by atoms with van der Waals surface area (Å²) >= 11 is 0. The number of benzene rings is 1. The summed E-state index contributed by atoms with van der Waals surface area (Å²) in [5, 5.41) is 3.09. The van der Waals surface area contributed by atoms with Gasteiger partial charge in [-0.2, -0.15) is 0 Å². The molecule has 3 nitrogen and oxygen atoms in total. The number of hydrogen-bond donors (Lipinski definition) is 1. The van der Waals surface area contributed by atoms with Crippen LogP contribution in [0.2, 0.25) is 0 Å². The van der Waals surface area contributed by atoms with Crippen molar-refractivity contribution in [3.05, 3.63) is 29.8 Å². The van der Waals surface area contributed by atoms with Gasteiger partial charge >= 0.3 is 6.03 Å². The molecule has 3 heteroatoms. The molecule has 3 rings (SSSR count). The molecule has 1 aromatic carbocycles. The third-order valence-electron chi connectivity index (χ3n) is 5.06. The first kappa shape index (κ1) is 14.4. The molecular formula is C18H26N2O. The van der Waals surface area contributed by atoms with Crippen LogP contribution < -0.4 is 5.32 Å². The summed E-state index contributed by atoms with van der Waals surface area (Å²) in [5.41, 5.74) is 2.12.